The Morgan fingerprint density at radius 3 is 2.61 bits per heavy atom. The van der Waals surface area contributed by atoms with Crippen LogP contribution in [0.15, 0.2) is 36.4 Å². The van der Waals surface area contributed by atoms with Gasteiger partial charge in [0, 0.05) is 19.6 Å². The summed E-state index contributed by atoms with van der Waals surface area (Å²) in [5.41, 5.74) is 2.93. The van der Waals surface area contributed by atoms with Crippen LogP contribution in [0.1, 0.15) is 48.7 Å². The first-order chi connectivity index (χ1) is 14.9. The maximum absolute atomic E-state index is 11.2. The standard InChI is InChI=1S/C23H28N4O4/c1-15(2)31-22-12-16(4-7-21(22)30-3)14-26-10-8-18(9-11-26)27-20-6-5-17(23(28)29)13-19(20)24-25-27/h4-7,12-13,15,18H,8-11,14H2,1-3H3,(H,28,29). The summed E-state index contributed by atoms with van der Waals surface area (Å²) in [5, 5.41) is 17.7. The Labute approximate surface area is 181 Å². The fourth-order valence-corrected chi connectivity index (χ4v) is 4.09. The van der Waals surface area contributed by atoms with E-state index < -0.39 is 5.97 Å². The number of carbonyl (C=O) groups is 1. The van der Waals surface area contributed by atoms with Gasteiger partial charge in [0.2, 0.25) is 0 Å². The molecule has 0 radical (unpaired) electrons. The van der Waals surface area contributed by atoms with Gasteiger partial charge >= 0.3 is 5.97 Å². The van der Waals surface area contributed by atoms with E-state index in [0.29, 0.717) is 5.52 Å². The smallest absolute Gasteiger partial charge is 0.335 e. The van der Waals surface area contributed by atoms with E-state index in [1.165, 1.54) is 5.56 Å². The molecule has 1 aliphatic rings. The third-order valence-electron chi connectivity index (χ3n) is 5.62. The topological polar surface area (TPSA) is 89.7 Å². The number of aromatic carboxylic acids is 1. The highest BCUT2D eigenvalue weighted by Gasteiger charge is 2.23. The summed E-state index contributed by atoms with van der Waals surface area (Å²) in [5.74, 6) is 0.574. The summed E-state index contributed by atoms with van der Waals surface area (Å²) in [7, 11) is 1.66. The van der Waals surface area contributed by atoms with E-state index in [9.17, 15) is 4.79 Å². The molecule has 31 heavy (non-hydrogen) atoms. The van der Waals surface area contributed by atoms with Crippen LogP contribution in [-0.4, -0.2) is 57.3 Å². The third kappa shape index (κ3) is 4.64. The van der Waals surface area contributed by atoms with Crippen LogP contribution < -0.4 is 9.47 Å². The molecule has 0 unspecified atom stereocenters. The molecule has 0 saturated carbocycles. The molecule has 2 aromatic carbocycles. The minimum absolute atomic E-state index is 0.0870. The number of hydrogen-bond acceptors (Lipinski definition) is 6. The molecule has 164 valence electrons. The predicted octanol–water partition coefficient (Wildman–Crippen LogP) is 3.76. The number of benzene rings is 2. The van der Waals surface area contributed by atoms with Crippen molar-refractivity contribution in [2.24, 2.45) is 0 Å². The molecule has 3 aromatic rings. The fourth-order valence-electron chi connectivity index (χ4n) is 4.09. The number of nitrogens with zero attached hydrogens (tertiary/aromatic N) is 4. The van der Waals surface area contributed by atoms with Gasteiger partial charge in [-0.2, -0.15) is 0 Å². The van der Waals surface area contributed by atoms with Crippen molar-refractivity contribution < 1.29 is 19.4 Å². The number of methoxy groups -OCH3 is 1. The summed E-state index contributed by atoms with van der Waals surface area (Å²) in [6, 6.07) is 11.4. The molecule has 0 amide bonds. The van der Waals surface area contributed by atoms with E-state index in [1.54, 1.807) is 25.3 Å². The molecule has 1 aliphatic heterocycles. The van der Waals surface area contributed by atoms with Gasteiger partial charge in [-0.1, -0.05) is 11.3 Å². The zero-order valence-corrected chi connectivity index (χ0v) is 18.1. The highest BCUT2D eigenvalue weighted by Crippen LogP contribution is 2.31. The Morgan fingerprint density at radius 2 is 1.94 bits per heavy atom. The summed E-state index contributed by atoms with van der Waals surface area (Å²) in [6.45, 7) is 6.77. The number of piperidine rings is 1. The maximum atomic E-state index is 11.2. The number of carboxylic acid groups (broad SMARTS) is 1. The van der Waals surface area contributed by atoms with Crippen molar-refractivity contribution in [2.75, 3.05) is 20.2 Å². The molecule has 8 nitrogen and oxygen atoms in total. The lowest BCUT2D eigenvalue weighted by atomic mass is 10.0. The Hall–Kier alpha value is -3.13. The first-order valence-electron chi connectivity index (χ1n) is 10.6. The van der Waals surface area contributed by atoms with Gasteiger partial charge in [-0.05, 0) is 62.6 Å². The number of likely N-dealkylation sites (tertiary alicyclic amines) is 1. The van der Waals surface area contributed by atoms with Crippen LogP contribution in [-0.2, 0) is 6.54 Å². The van der Waals surface area contributed by atoms with Crippen LogP contribution in [0.5, 0.6) is 11.5 Å². The van der Waals surface area contributed by atoms with Gasteiger partial charge in [-0.25, -0.2) is 9.48 Å². The molecule has 0 bridgehead atoms. The molecule has 0 spiro atoms. The minimum atomic E-state index is -0.953. The Morgan fingerprint density at radius 1 is 1.16 bits per heavy atom. The maximum Gasteiger partial charge on any atom is 0.335 e. The van der Waals surface area contributed by atoms with E-state index in [-0.39, 0.29) is 17.7 Å². The van der Waals surface area contributed by atoms with Gasteiger partial charge in [-0.15, -0.1) is 5.10 Å². The van der Waals surface area contributed by atoms with Crippen LogP contribution in [0.4, 0.5) is 0 Å². The summed E-state index contributed by atoms with van der Waals surface area (Å²) < 4.78 is 13.3. The van der Waals surface area contributed by atoms with Crippen molar-refractivity contribution in [1.29, 1.82) is 0 Å². The van der Waals surface area contributed by atoms with E-state index in [4.69, 9.17) is 14.6 Å². The quantitative estimate of drug-likeness (QED) is 0.618. The molecular formula is C23H28N4O4. The van der Waals surface area contributed by atoms with Gasteiger partial charge in [0.1, 0.15) is 5.52 Å². The average Bonchev–Trinajstić information content (AvgIpc) is 3.17. The number of carboxylic acids is 1. The van der Waals surface area contributed by atoms with Crippen LogP contribution in [0, 0.1) is 0 Å². The summed E-state index contributed by atoms with van der Waals surface area (Å²) in [4.78, 5) is 13.6. The molecule has 0 aliphatic carbocycles. The molecule has 1 N–H and O–H groups in total. The SMILES string of the molecule is COc1ccc(CN2CCC(n3nnc4cc(C(=O)O)ccc43)CC2)cc1OC(C)C. The lowest BCUT2D eigenvalue weighted by Gasteiger charge is -2.32. The molecule has 1 fully saturated rings. The fraction of sp³-hybridized carbons (Fsp3) is 0.435. The van der Waals surface area contributed by atoms with E-state index >= 15 is 0 Å². The molecule has 1 aromatic heterocycles. The van der Waals surface area contributed by atoms with Gasteiger partial charge in [-0.3, -0.25) is 4.90 Å². The van der Waals surface area contributed by atoms with Crippen LogP contribution >= 0.6 is 0 Å². The average molecular weight is 425 g/mol. The Bertz CT molecular complexity index is 1070. The van der Waals surface area contributed by atoms with E-state index in [0.717, 1.165) is 49.5 Å². The second-order valence-electron chi connectivity index (χ2n) is 8.20. The molecule has 1 saturated heterocycles. The minimum Gasteiger partial charge on any atom is -0.493 e. The van der Waals surface area contributed by atoms with E-state index in [2.05, 4.69) is 27.3 Å². The van der Waals surface area contributed by atoms with Crippen molar-refractivity contribution >= 4 is 17.0 Å². The number of rotatable bonds is 7. The third-order valence-corrected chi connectivity index (χ3v) is 5.62. The van der Waals surface area contributed by atoms with Crippen molar-refractivity contribution in [2.45, 2.75) is 45.4 Å². The van der Waals surface area contributed by atoms with Crippen LogP contribution in [0.3, 0.4) is 0 Å². The summed E-state index contributed by atoms with van der Waals surface area (Å²) in [6.07, 6.45) is 2.01. The number of hydrogen-bond donors (Lipinski definition) is 1. The van der Waals surface area contributed by atoms with Crippen molar-refractivity contribution in [1.82, 2.24) is 19.9 Å². The lowest BCUT2D eigenvalue weighted by molar-refractivity contribution is 0.0697. The first-order valence-corrected chi connectivity index (χ1v) is 10.6. The molecule has 4 rings (SSSR count). The Kier molecular flexibility index (Phi) is 6.08. The monoisotopic (exact) mass is 424 g/mol. The van der Waals surface area contributed by atoms with Crippen molar-refractivity contribution in [3.8, 4) is 11.5 Å². The lowest BCUT2D eigenvalue weighted by Crippen LogP contribution is -2.34. The van der Waals surface area contributed by atoms with Crippen molar-refractivity contribution in [3.05, 3.63) is 47.5 Å². The predicted molar refractivity (Wildman–Crippen MR) is 117 cm³/mol. The molecule has 2 heterocycles. The highest BCUT2D eigenvalue weighted by atomic mass is 16.5. The Balaban J connectivity index is 1.41. The van der Waals surface area contributed by atoms with Gasteiger partial charge in [0.05, 0.1) is 30.3 Å². The number of aromatic nitrogens is 3. The largest absolute Gasteiger partial charge is 0.493 e. The number of fused-ring (bicyclic) bond motifs is 1. The van der Waals surface area contributed by atoms with Gasteiger partial charge in [0.25, 0.3) is 0 Å². The zero-order chi connectivity index (χ0) is 22.0. The summed E-state index contributed by atoms with van der Waals surface area (Å²) >= 11 is 0. The van der Waals surface area contributed by atoms with Gasteiger partial charge in [0.15, 0.2) is 11.5 Å². The second kappa shape index (κ2) is 8.93. The molecule has 0 atom stereocenters. The first kappa shape index (κ1) is 21.1. The highest BCUT2D eigenvalue weighted by molar-refractivity contribution is 5.92. The van der Waals surface area contributed by atoms with Crippen molar-refractivity contribution in [3.63, 3.8) is 0 Å². The zero-order valence-electron chi connectivity index (χ0n) is 18.1. The number of ether oxygens (including phenoxy) is 2. The molecule has 8 heteroatoms. The second-order valence-corrected chi connectivity index (χ2v) is 8.20. The van der Waals surface area contributed by atoms with Crippen LogP contribution in [0.2, 0.25) is 0 Å². The molecular weight excluding hydrogens is 396 g/mol. The van der Waals surface area contributed by atoms with Crippen LogP contribution in [0.25, 0.3) is 11.0 Å². The van der Waals surface area contributed by atoms with E-state index in [1.807, 2.05) is 24.6 Å². The van der Waals surface area contributed by atoms with Gasteiger partial charge < -0.3 is 14.6 Å². The normalized spacial score (nSPS) is 15.5.